The fourth-order valence-electron chi connectivity index (χ4n) is 13.5. The Labute approximate surface area is 390 Å². The molecular weight excluding hydrogens is 824 g/mol. The molecule has 0 N–H and O–H groups in total. The SMILES string of the molecule is Cc1ccc2c(c1)C1C(S2)B2c3c(cccc3N(c3ccc4c(c3)C3C=CC=CC3c3ccccc3-4)C3c4cc(C)ccc4SC23)N1c1ccc2c(c1)C1C=CC=CC1c1ccccc1-2. The zero-order valence-corrected chi connectivity index (χ0v) is 37.9. The van der Waals surface area contributed by atoms with Crippen molar-refractivity contribution >= 4 is 58.4 Å². The highest BCUT2D eigenvalue weighted by molar-refractivity contribution is 8.04. The van der Waals surface area contributed by atoms with Crippen molar-refractivity contribution in [2.75, 3.05) is 9.80 Å². The molecule has 4 aliphatic carbocycles. The van der Waals surface area contributed by atoms with E-state index in [0.717, 1.165) is 0 Å². The zero-order chi connectivity index (χ0) is 42.7. The maximum Gasteiger partial charge on any atom is 0.215 e. The molecule has 0 fully saturated rings. The highest BCUT2D eigenvalue weighted by Crippen LogP contribution is 2.63. The number of allylic oxidation sites excluding steroid dienone is 8. The Balaban J connectivity index is 0.968. The van der Waals surface area contributed by atoms with Crippen LogP contribution in [0.4, 0.5) is 22.7 Å². The first-order valence-electron chi connectivity index (χ1n) is 23.5. The molecule has 8 aliphatic rings. The van der Waals surface area contributed by atoms with Crippen LogP contribution in [0.1, 0.15) is 80.3 Å². The number of benzene rings is 7. The van der Waals surface area contributed by atoms with Gasteiger partial charge in [-0.3, -0.25) is 0 Å². The second-order valence-corrected chi connectivity index (χ2v) is 21.9. The van der Waals surface area contributed by atoms with Gasteiger partial charge in [-0.05, 0) is 123 Å². The average molecular weight is 869 g/mol. The number of nitrogens with zero attached hydrogens (tertiary/aromatic N) is 2. The summed E-state index contributed by atoms with van der Waals surface area (Å²) in [4.78, 5) is 8.46. The second-order valence-electron chi connectivity index (χ2n) is 19.5. The van der Waals surface area contributed by atoms with E-state index in [1.54, 1.807) is 0 Å². The van der Waals surface area contributed by atoms with Crippen LogP contribution in [0.25, 0.3) is 22.3 Å². The van der Waals surface area contributed by atoms with Crippen LogP contribution >= 0.6 is 23.5 Å². The van der Waals surface area contributed by atoms with Gasteiger partial charge in [0.2, 0.25) is 6.71 Å². The molecule has 0 radical (unpaired) electrons. The number of hydrogen-bond acceptors (Lipinski definition) is 4. The zero-order valence-electron chi connectivity index (χ0n) is 36.3. The second kappa shape index (κ2) is 13.7. The van der Waals surface area contributed by atoms with Crippen molar-refractivity contribution in [1.82, 2.24) is 0 Å². The van der Waals surface area contributed by atoms with Crippen molar-refractivity contribution in [1.29, 1.82) is 0 Å². The number of hydrogen-bond donors (Lipinski definition) is 0. The van der Waals surface area contributed by atoms with Crippen molar-refractivity contribution in [3.63, 3.8) is 0 Å². The van der Waals surface area contributed by atoms with Gasteiger partial charge in [-0.25, -0.2) is 0 Å². The molecular formula is C60H45BN2S2. The predicted molar refractivity (Wildman–Crippen MR) is 275 cm³/mol. The number of rotatable bonds is 2. The molecule has 4 heterocycles. The van der Waals surface area contributed by atoms with Gasteiger partial charge < -0.3 is 9.80 Å². The van der Waals surface area contributed by atoms with Gasteiger partial charge in [0, 0.05) is 66.5 Å². The number of thioether (sulfide) groups is 2. The summed E-state index contributed by atoms with van der Waals surface area (Å²) in [6, 6.07) is 55.3. The van der Waals surface area contributed by atoms with Crippen molar-refractivity contribution < 1.29 is 0 Å². The van der Waals surface area contributed by atoms with E-state index >= 15 is 0 Å². The monoisotopic (exact) mass is 868 g/mol. The predicted octanol–water partition coefficient (Wildman–Crippen LogP) is 14.8. The van der Waals surface area contributed by atoms with Gasteiger partial charge in [0.1, 0.15) is 0 Å². The summed E-state index contributed by atoms with van der Waals surface area (Å²) in [5.74, 6) is 1.27. The summed E-state index contributed by atoms with van der Waals surface area (Å²) in [6.45, 7) is 4.88. The van der Waals surface area contributed by atoms with Crippen LogP contribution in [-0.4, -0.2) is 17.0 Å². The smallest absolute Gasteiger partial charge is 0.215 e. The van der Waals surface area contributed by atoms with E-state index in [0.29, 0.717) is 40.7 Å². The van der Waals surface area contributed by atoms with Crippen LogP contribution in [0.3, 0.4) is 0 Å². The van der Waals surface area contributed by atoms with Gasteiger partial charge in [0.05, 0.1) is 12.1 Å². The molecule has 7 aromatic rings. The molecule has 65 heavy (non-hydrogen) atoms. The van der Waals surface area contributed by atoms with E-state index in [1.165, 1.54) is 105 Å². The molecule has 5 heteroatoms. The summed E-state index contributed by atoms with van der Waals surface area (Å²) in [7, 11) is 0. The molecule has 0 saturated carbocycles. The molecule has 15 rings (SSSR count). The molecule has 8 atom stereocenters. The number of fused-ring (bicyclic) bond motifs is 20. The standard InChI is InChI=1S/C60H45BN2S2/c1-34-22-28-54-50(30-34)57-59(64-54)61-56-52(62(57)36-24-26-46-42-16-5-3-12-38(42)40-14-7-9-18-44(40)48(46)32-36)20-11-21-53(56)63(58-51-31-35(2)23-29-55(51)65-60(58)61)37-25-27-47-43-17-6-4-13-39(43)41-15-8-10-19-45(41)49(47)33-37/h3-33,40-41,44-45,57-60H,1-2H3. The Kier molecular flexibility index (Phi) is 7.82. The molecule has 0 spiro atoms. The maximum absolute atomic E-state index is 2.79. The van der Waals surface area contributed by atoms with Crippen molar-refractivity contribution in [3.8, 4) is 22.3 Å². The van der Waals surface area contributed by atoms with E-state index < -0.39 is 0 Å². The average Bonchev–Trinajstić information content (AvgIpc) is 3.92. The molecule has 0 bridgehead atoms. The summed E-state index contributed by atoms with van der Waals surface area (Å²) < 4.78 is 0. The van der Waals surface area contributed by atoms with E-state index in [2.05, 4.69) is 235 Å². The van der Waals surface area contributed by atoms with Crippen molar-refractivity contribution in [3.05, 3.63) is 233 Å². The number of anilines is 4. The molecule has 8 unspecified atom stereocenters. The Morgan fingerprint density at radius 2 is 0.831 bits per heavy atom. The fourth-order valence-corrected chi connectivity index (χ4v) is 16.8. The largest absolute Gasteiger partial charge is 0.334 e. The molecule has 4 aliphatic heterocycles. The highest BCUT2D eigenvalue weighted by Gasteiger charge is 2.60. The minimum Gasteiger partial charge on any atom is -0.334 e. The lowest BCUT2D eigenvalue weighted by Crippen LogP contribution is -2.63. The summed E-state index contributed by atoms with van der Waals surface area (Å²) >= 11 is 4.30. The molecule has 310 valence electrons. The van der Waals surface area contributed by atoms with Gasteiger partial charge in [-0.15, -0.1) is 23.5 Å². The lowest BCUT2D eigenvalue weighted by atomic mass is 9.34. The van der Waals surface area contributed by atoms with Crippen molar-refractivity contribution in [2.45, 2.75) is 69.7 Å². The third kappa shape index (κ3) is 5.12. The Morgan fingerprint density at radius 1 is 0.400 bits per heavy atom. The fraction of sp³-hybridized carbons (Fsp3) is 0.167. The summed E-state index contributed by atoms with van der Waals surface area (Å²) in [5.41, 5.74) is 23.7. The number of aryl methyl sites for hydroxylation is 2. The van der Waals surface area contributed by atoms with Crippen LogP contribution in [0.5, 0.6) is 0 Å². The first-order valence-corrected chi connectivity index (χ1v) is 25.3. The highest BCUT2D eigenvalue weighted by atomic mass is 32.2. The lowest BCUT2D eigenvalue weighted by molar-refractivity contribution is 0.694. The lowest BCUT2D eigenvalue weighted by Gasteiger charge is -2.52. The van der Waals surface area contributed by atoms with E-state index in [1.807, 2.05) is 0 Å². The molecule has 0 amide bonds. The van der Waals surface area contributed by atoms with E-state index in [4.69, 9.17) is 0 Å². The normalized spacial score (nSPS) is 25.8. The minimum atomic E-state index is 0.194. The molecule has 0 aromatic heterocycles. The topological polar surface area (TPSA) is 6.48 Å². The summed E-state index contributed by atoms with van der Waals surface area (Å²) in [6.07, 6.45) is 18.7. The Hall–Kier alpha value is -6.14. The van der Waals surface area contributed by atoms with Gasteiger partial charge >= 0.3 is 0 Å². The summed E-state index contributed by atoms with van der Waals surface area (Å²) in [5, 5.41) is 0.667. The minimum absolute atomic E-state index is 0.194. The Bertz CT molecular complexity index is 3140. The van der Waals surface area contributed by atoms with Crippen LogP contribution in [0.2, 0.25) is 0 Å². The molecule has 2 nitrogen and oxygen atoms in total. The molecule has 0 saturated heterocycles. The molecule has 7 aromatic carbocycles. The van der Waals surface area contributed by atoms with Gasteiger partial charge in [0.15, 0.2) is 0 Å². The Morgan fingerprint density at radius 3 is 1.31 bits per heavy atom. The first kappa shape index (κ1) is 37.1. The van der Waals surface area contributed by atoms with E-state index in [9.17, 15) is 0 Å². The van der Waals surface area contributed by atoms with Gasteiger partial charge in [-0.2, -0.15) is 0 Å². The van der Waals surface area contributed by atoms with E-state index in [-0.39, 0.29) is 12.1 Å². The van der Waals surface area contributed by atoms with Crippen LogP contribution < -0.4 is 15.3 Å². The van der Waals surface area contributed by atoms with Gasteiger partial charge in [-0.1, -0.05) is 151 Å². The van der Waals surface area contributed by atoms with Gasteiger partial charge in [0.25, 0.3) is 0 Å². The van der Waals surface area contributed by atoms with Crippen LogP contribution in [0, 0.1) is 13.8 Å². The third-order valence-corrected chi connectivity index (χ3v) is 19.0. The quantitative estimate of drug-likeness (QED) is 0.160. The van der Waals surface area contributed by atoms with Crippen molar-refractivity contribution in [2.24, 2.45) is 0 Å². The maximum atomic E-state index is 2.79. The third-order valence-electron chi connectivity index (χ3n) is 16.1. The van der Waals surface area contributed by atoms with Crippen LogP contribution in [-0.2, 0) is 0 Å². The first-order chi connectivity index (χ1) is 32.1. The van der Waals surface area contributed by atoms with Crippen LogP contribution in [0.15, 0.2) is 198 Å².